The predicted molar refractivity (Wildman–Crippen MR) is 97.5 cm³/mol. The second kappa shape index (κ2) is 8.41. The van der Waals surface area contributed by atoms with E-state index in [1.165, 1.54) is 12.1 Å². The Morgan fingerprint density at radius 1 is 1.12 bits per heavy atom. The number of para-hydroxylation sites is 1. The van der Waals surface area contributed by atoms with Gasteiger partial charge in [-0.25, -0.2) is 4.39 Å². The van der Waals surface area contributed by atoms with Crippen LogP contribution in [-0.2, 0) is 4.79 Å². The Bertz CT molecular complexity index is 703. The fourth-order valence-electron chi connectivity index (χ4n) is 2.44. The number of nitrogens with one attached hydrogen (secondary N) is 1. The first-order chi connectivity index (χ1) is 11.5. The second-order valence-corrected chi connectivity index (χ2v) is 5.97. The number of rotatable bonds is 6. The van der Waals surface area contributed by atoms with E-state index < -0.39 is 0 Å². The van der Waals surface area contributed by atoms with Crippen molar-refractivity contribution in [1.82, 2.24) is 4.90 Å². The smallest absolute Gasteiger partial charge is 0.238 e. The third kappa shape index (κ3) is 5.32. The molecule has 0 spiro atoms. The van der Waals surface area contributed by atoms with Gasteiger partial charge in [0.2, 0.25) is 5.91 Å². The van der Waals surface area contributed by atoms with E-state index in [1.54, 1.807) is 12.1 Å². The van der Waals surface area contributed by atoms with Crippen LogP contribution in [0.3, 0.4) is 0 Å². The molecule has 4 heteroatoms. The molecule has 1 N–H and O–H groups in total. The van der Waals surface area contributed by atoms with Gasteiger partial charge in [-0.1, -0.05) is 42.5 Å². The van der Waals surface area contributed by atoms with E-state index in [0.717, 1.165) is 22.4 Å². The lowest BCUT2D eigenvalue weighted by molar-refractivity contribution is -0.116. The molecule has 0 aliphatic carbocycles. The fourth-order valence-corrected chi connectivity index (χ4v) is 2.44. The molecule has 2 aromatic rings. The first-order valence-electron chi connectivity index (χ1n) is 7.92. The number of hydrogen-bond acceptors (Lipinski definition) is 2. The molecular formula is C20H23FN2O. The number of halogens is 1. The molecule has 0 aromatic heterocycles. The van der Waals surface area contributed by atoms with Crippen molar-refractivity contribution < 1.29 is 9.18 Å². The van der Waals surface area contributed by atoms with Crippen molar-refractivity contribution in [3.05, 3.63) is 71.0 Å². The molecule has 0 saturated heterocycles. The number of likely N-dealkylation sites (N-methyl/N-ethyl adjacent to an activating group) is 1. The van der Waals surface area contributed by atoms with Gasteiger partial charge in [-0.15, -0.1) is 0 Å². The number of anilines is 1. The summed E-state index contributed by atoms with van der Waals surface area (Å²) < 4.78 is 12.8. The highest BCUT2D eigenvalue weighted by atomic mass is 19.1. The molecule has 0 unspecified atom stereocenters. The zero-order valence-corrected chi connectivity index (χ0v) is 14.3. The van der Waals surface area contributed by atoms with Crippen LogP contribution in [0.1, 0.15) is 16.7 Å². The molecule has 0 bridgehead atoms. The van der Waals surface area contributed by atoms with Crippen molar-refractivity contribution in [3.63, 3.8) is 0 Å². The Labute approximate surface area is 142 Å². The third-order valence-electron chi connectivity index (χ3n) is 3.76. The van der Waals surface area contributed by atoms with E-state index in [2.05, 4.69) is 5.32 Å². The Hall–Kier alpha value is -2.46. The SMILES string of the molecule is Cc1cccc(C)c1NC(=O)CN(C)C/C=C/c1ccc(F)cc1. The minimum absolute atomic E-state index is 0.0370. The van der Waals surface area contributed by atoms with E-state index in [4.69, 9.17) is 0 Å². The van der Waals surface area contributed by atoms with Crippen LogP contribution in [0.2, 0.25) is 0 Å². The monoisotopic (exact) mass is 326 g/mol. The summed E-state index contributed by atoms with van der Waals surface area (Å²) in [6, 6.07) is 12.3. The number of hydrogen-bond donors (Lipinski definition) is 1. The fraction of sp³-hybridized carbons (Fsp3) is 0.250. The predicted octanol–water partition coefficient (Wildman–Crippen LogP) is 4.03. The average molecular weight is 326 g/mol. The van der Waals surface area contributed by atoms with Crippen molar-refractivity contribution >= 4 is 17.7 Å². The van der Waals surface area contributed by atoms with Gasteiger partial charge >= 0.3 is 0 Å². The van der Waals surface area contributed by atoms with Crippen molar-refractivity contribution in [2.75, 3.05) is 25.5 Å². The minimum atomic E-state index is -0.243. The van der Waals surface area contributed by atoms with Crippen LogP contribution in [0, 0.1) is 19.7 Å². The quantitative estimate of drug-likeness (QED) is 0.869. The molecule has 2 rings (SSSR count). The van der Waals surface area contributed by atoms with E-state index in [0.29, 0.717) is 13.1 Å². The van der Waals surface area contributed by atoms with Gasteiger partial charge in [0.15, 0.2) is 0 Å². The van der Waals surface area contributed by atoms with Crippen LogP contribution in [0.5, 0.6) is 0 Å². The largest absolute Gasteiger partial charge is 0.324 e. The van der Waals surface area contributed by atoms with Gasteiger partial charge in [0.25, 0.3) is 0 Å². The normalized spacial score (nSPS) is 11.2. The Morgan fingerprint density at radius 3 is 2.38 bits per heavy atom. The highest BCUT2D eigenvalue weighted by Crippen LogP contribution is 2.19. The molecule has 0 fully saturated rings. The average Bonchev–Trinajstić information content (AvgIpc) is 2.53. The molecule has 0 saturated carbocycles. The van der Waals surface area contributed by atoms with Gasteiger partial charge in [0.1, 0.15) is 5.82 Å². The summed E-state index contributed by atoms with van der Waals surface area (Å²) in [5, 5.41) is 2.98. The number of carbonyl (C=O) groups is 1. The van der Waals surface area contributed by atoms with Gasteiger partial charge in [0, 0.05) is 12.2 Å². The summed E-state index contributed by atoms with van der Waals surface area (Å²) in [5.41, 5.74) is 3.94. The Morgan fingerprint density at radius 2 is 1.75 bits per heavy atom. The highest BCUT2D eigenvalue weighted by molar-refractivity contribution is 5.93. The van der Waals surface area contributed by atoms with Gasteiger partial charge in [-0.3, -0.25) is 9.69 Å². The number of carbonyl (C=O) groups excluding carboxylic acids is 1. The van der Waals surface area contributed by atoms with E-state index in [1.807, 2.05) is 56.1 Å². The number of nitrogens with zero attached hydrogens (tertiary/aromatic N) is 1. The third-order valence-corrected chi connectivity index (χ3v) is 3.76. The van der Waals surface area contributed by atoms with E-state index in [9.17, 15) is 9.18 Å². The van der Waals surface area contributed by atoms with Crippen LogP contribution in [0.15, 0.2) is 48.5 Å². The van der Waals surface area contributed by atoms with Crippen molar-refractivity contribution in [2.24, 2.45) is 0 Å². The Kier molecular flexibility index (Phi) is 6.27. The van der Waals surface area contributed by atoms with Crippen molar-refractivity contribution in [3.8, 4) is 0 Å². The Balaban J connectivity index is 1.84. The van der Waals surface area contributed by atoms with Crippen LogP contribution in [0.25, 0.3) is 6.08 Å². The number of benzene rings is 2. The maximum atomic E-state index is 12.8. The van der Waals surface area contributed by atoms with Crippen LogP contribution < -0.4 is 5.32 Å². The molecule has 0 aliphatic rings. The molecule has 2 aromatic carbocycles. The van der Waals surface area contributed by atoms with E-state index in [-0.39, 0.29) is 11.7 Å². The van der Waals surface area contributed by atoms with Gasteiger partial charge in [0.05, 0.1) is 6.54 Å². The molecule has 0 aliphatic heterocycles. The zero-order chi connectivity index (χ0) is 17.5. The van der Waals surface area contributed by atoms with Gasteiger partial charge in [-0.2, -0.15) is 0 Å². The summed E-state index contributed by atoms with van der Waals surface area (Å²) in [4.78, 5) is 14.1. The second-order valence-electron chi connectivity index (χ2n) is 5.97. The maximum Gasteiger partial charge on any atom is 0.238 e. The molecule has 0 atom stereocenters. The maximum absolute atomic E-state index is 12.8. The summed E-state index contributed by atoms with van der Waals surface area (Å²) >= 11 is 0. The zero-order valence-electron chi connectivity index (χ0n) is 14.3. The molecule has 0 radical (unpaired) electrons. The standard InChI is InChI=1S/C20H23FN2O/c1-15-6-4-7-16(2)20(15)22-19(24)14-23(3)13-5-8-17-9-11-18(21)12-10-17/h4-12H,13-14H2,1-3H3,(H,22,24)/b8-5+. The minimum Gasteiger partial charge on any atom is -0.324 e. The summed E-state index contributed by atoms with van der Waals surface area (Å²) in [6.07, 6.45) is 3.87. The highest BCUT2D eigenvalue weighted by Gasteiger charge is 2.09. The van der Waals surface area contributed by atoms with Crippen LogP contribution in [0.4, 0.5) is 10.1 Å². The van der Waals surface area contributed by atoms with Gasteiger partial charge in [-0.05, 0) is 49.7 Å². The summed E-state index contributed by atoms with van der Waals surface area (Å²) in [6.45, 7) is 4.91. The topological polar surface area (TPSA) is 32.3 Å². The molecule has 3 nitrogen and oxygen atoms in total. The lowest BCUT2D eigenvalue weighted by Crippen LogP contribution is -2.30. The van der Waals surface area contributed by atoms with Crippen molar-refractivity contribution in [2.45, 2.75) is 13.8 Å². The van der Waals surface area contributed by atoms with Crippen LogP contribution in [-0.4, -0.2) is 30.9 Å². The summed E-state index contributed by atoms with van der Waals surface area (Å²) in [5.74, 6) is -0.280. The summed E-state index contributed by atoms with van der Waals surface area (Å²) in [7, 11) is 1.89. The van der Waals surface area contributed by atoms with Gasteiger partial charge < -0.3 is 5.32 Å². The molecule has 1 amide bonds. The first-order valence-corrected chi connectivity index (χ1v) is 7.92. The van der Waals surface area contributed by atoms with Crippen molar-refractivity contribution in [1.29, 1.82) is 0 Å². The molecule has 0 heterocycles. The lowest BCUT2D eigenvalue weighted by atomic mass is 10.1. The first kappa shape index (κ1) is 17.9. The lowest BCUT2D eigenvalue weighted by Gasteiger charge is -2.16. The molecule has 24 heavy (non-hydrogen) atoms. The number of amides is 1. The molecular weight excluding hydrogens is 303 g/mol. The molecule has 126 valence electrons. The van der Waals surface area contributed by atoms with E-state index >= 15 is 0 Å². The number of aryl methyl sites for hydroxylation is 2. The van der Waals surface area contributed by atoms with Crippen LogP contribution >= 0.6 is 0 Å².